The van der Waals surface area contributed by atoms with Crippen LogP contribution < -0.4 is 5.32 Å². The number of aliphatic hydroxyl groups is 1. The molecule has 2 atom stereocenters. The van der Waals surface area contributed by atoms with Gasteiger partial charge in [0.25, 0.3) is 15.7 Å². The maximum atomic E-state index is 13.1. The molecule has 0 aromatic heterocycles. The number of nitro groups is 1. The summed E-state index contributed by atoms with van der Waals surface area (Å²) in [5.74, 6) is -2.31. The molecular formula is C21H24F3N3O7S. The minimum Gasteiger partial charge on any atom is -0.389 e. The topological polar surface area (TPSA) is 139 Å². The van der Waals surface area contributed by atoms with Gasteiger partial charge in [-0.1, -0.05) is 40.9 Å². The first-order valence-electron chi connectivity index (χ1n) is 10.3. The van der Waals surface area contributed by atoms with Crippen LogP contribution >= 0.6 is 0 Å². The zero-order valence-electron chi connectivity index (χ0n) is 18.7. The molecule has 0 spiro atoms. The Morgan fingerprint density at radius 2 is 1.80 bits per heavy atom. The highest BCUT2D eigenvalue weighted by Crippen LogP contribution is 2.23. The first-order chi connectivity index (χ1) is 16.2. The smallest absolute Gasteiger partial charge is 0.389 e. The minimum absolute atomic E-state index is 0.254. The molecule has 0 saturated carbocycles. The lowest BCUT2D eigenvalue weighted by atomic mass is 10.0. The third kappa shape index (κ3) is 7.99. The third-order valence-corrected chi connectivity index (χ3v) is 6.22. The van der Waals surface area contributed by atoms with Crippen LogP contribution in [0.1, 0.15) is 19.4 Å². The molecule has 35 heavy (non-hydrogen) atoms. The van der Waals surface area contributed by atoms with Gasteiger partial charge in [0.2, 0.25) is 0 Å². The Morgan fingerprint density at radius 1 is 1.17 bits per heavy atom. The van der Waals surface area contributed by atoms with Gasteiger partial charge >= 0.3 is 12.1 Å². The van der Waals surface area contributed by atoms with Crippen molar-refractivity contribution in [3.05, 3.63) is 70.3 Å². The predicted octanol–water partition coefficient (Wildman–Crippen LogP) is 2.58. The molecule has 0 heterocycles. The number of non-ortho nitro benzene ring substituents is 1. The first kappa shape index (κ1) is 28.2. The van der Waals surface area contributed by atoms with Gasteiger partial charge in [-0.2, -0.15) is 13.2 Å². The van der Waals surface area contributed by atoms with Gasteiger partial charge in [0.15, 0.2) is 0 Å². The molecule has 0 aliphatic carbocycles. The molecule has 0 fully saturated rings. The Morgan fingerprint density at radius 3 is 2.34 bits per heavy atom. The Bertz CT molecular complexity index is 1130. The molecule has 192 valence electrons. The number of sulfonamides is 1. The highest BCUT2D eigenvalue weighted by molar-refractivity contribution is 7.89. The zero-order valence-corrected chi connectivity index (χ0v) is 19.5. The van der Waals surface area contributed by atoms with Crippen molar-refractivity contribution >= 4 is 21.6 Å². The molecule has 0 aliphatic heterocycles. The number of nitrogens with zero attached hydrogens (tertiary/aromatic N) is 2. The Balaban J connectivity index is 2.38. The number of amides is 1. The summed E-state index contributed by atoms with van der Waals surface area (Å²) in [6.45, 7) is 2.06. The molecule has 14 heteroatoms. The van der Waals surface area contributed by atoms with Crippen LogP contribution in [0.15, 0.2) is 59.5 Å². The molecule has 0 unspecified atom stereocenters. The van der Waals surface area contributed by atoms with E-state index in [1.54, 1.807) is 35.6 Å². The van der Waals surface area contributed by atoms with Crippen molar-refractivity contribution in [2.24, 2.45) is 0 Å². The highest BCUT2D eigenvalue weighted by Gasteiger charge is 2.41. The summed E-state index contributed by atoms with van der Waals surface area (Å²) in [5.41, 5.74) is -0.0487. The van der Waals surface area contributed by atoms with Crippen LogP contribution in [0.4, 0.5) is 18.9 Å². The van der Waals surface area contributed by atoms with E-state index in [1.165, 1.54) is 13.8 Å². The van der Waals surface area contributed by atoms with Crippen LogP contribution in [0, 0.1) is 10.1 Å². The number of alkyl halides is 3. The Labute approximate surface area is 199 Å². The van der Waals surface area contributed by atoms with Gasteiger partial charge in [0, 0.05) is 12.1 Å². The van der Waals surface area contributed by atoms with Crippen molar-refractivity contribution in [1.82, 2.24) is 9.79 Å². The lowest BCUT2D eigenvalue weighted by molar-refractivity contribution is -0.385. The number of rotatable bonds is 11. The van der Waals surface area contributed by atoms with Crippen molar-refractivity contribution in [3.8, 4) is 0 Å². The number of halogens is 3. The van der Waals surface area contributed by atoms with Gasteiger partial charge in [-0.25, -0.2) is 8.42 Å². The standard InChI is InChI=1S/C21H24F3N3O7S/c1-14(2)34-26(35(32,33)17-10-6-9-16(12-17)27(30)31)13-19(28)18(25-20(29)21(22,23)24)11-15-7-4-3-5-8-15/h3-10,12,14,18-19,28H,11,13H2,1-2H3,(H,25,29)/t18-,19+/m0/s1. The molecule has 0 aliphatic rings. The van der Waals surface area contributed by atoms with Crippen LogP contribution in [0.5, 0.6) is 0 Å². The second-order valence-electron chi connectivity index (χ2n) is 7.73. The number of carbonyl (C=O) groups is 1. The van der Waals surface area contributed by atoms with E-state index in [9.17, 15) is 41.6 Å². The molecule has 2 aromatic carbocycles. The number of nitrogens with one attached hydrogen (secondary N) is 1. The van der Waals surface area contributed by atoms with Crippen molar-refractivity contribution in [2.45, 2.75) is 49.6 Å². The summed E-state index contributed by atoms with van der Waals surface area (Å²) in [4.78, 5) is 26.6. The maximum absolute atomic E-state index is 13.1. The molecule has 2 N–H and O–H groups in total. The van der Waals surface area contributed by atoms with E-state index < -0.39 is 62.4 Å². The van der Waals surface area contributed by atoms with E-state index in [1.807, 2.05) is 0 Å². The van der Waals surface area contributed by atoms with E-state index in [4.69, 9.17) is 4.84 Å². The third-order valence-electron chi connectivity index (χ3n) is 4.60. The lowest BCUT2D eigenvalue weighted by Crippen LogP contribution is -2.53. The van der Waals surface area contributed by atoms with Gasteiger partial charge in [-0.3, -0.25) is 19.7 Å². The number of carbonyl (C=O) groups excluding carboxylic acids is 1. The summed E-state index contributed by atoms with van der Waals surface area (Å²) in [5, 5.41) is 23.5. The average Bonchev–Trinajstić information content (AvgIpc) is 2.77. The SMILES string of the molecule is CC(C)ON(C[C@@H](O)[C@H](Cc1ccccc1)NC(=O)C(F)(F)F)S(=O)(=O)c1cccc([N+](=O)[O-])c1. The molecule has 2 rings (SSSR count). The molecule has 2 aromatic rings. The number of benzene rings is 2. The van der Waals surface area contributed by atoms with Crippen molar-refractivity contribution in [1.29, 1.82) is 0 Å². The lowest BCUT2D eigenvalue weighted by Gasteiger charge is -2.30. The van der Waals surface area contributed by atoms with Crippen LogP contribution in [-0.2, 0) is 26.1 Å². The summed E-state index contributed by atoms with van der Waals surface area (Å²) >= 11 is 0. The number of hydroxylamine groups is 1. The van der Waals surface area contributed by atoms with E-state index >= 15 is 0 Å². The summed E-state index contributed by atoms with van der Waals surface area (Å²) in [6.07, 6.45) is -8.10. The van der Waals surface area contributed by atoms with Gasteiger partial charge in [0.1, 0.15) is 0 Å². The largest absolute Gasteiger partial charge is 0.471 e. The van der Waals surface area contributed by atoms with Crippen LogP contribution in [-0.4, -0.2) is 59.8 Å². The van der Waals surface area contributed by atoms with E-state index in [0.717, 1.165) is 24.3 Å². The fraction of sp³-hybridized carbons (Fsp3) is 0.381. The van der Waals surface area contributed by atoms with Gasteiger partial charge < -0.3 is 10.4 Å². The monoisotopic (exact) mass is 519 g/mol. The number of hydrogen-bond donors (Lipinski definition) is 2. The average molecular weight is 519 g/mol. The number of hydrogen-bond acceptors (Lipinski definition) is 7. The normalized spacial score (nSPS) is 14.1. The fourth-order valence-electron chi connectivity index (χ4n) is 2.99. The van der Waals surface area contributed by atoms with Crippen molar-refractivity contribution in [3.63, 3.8) is 0 Å². The second kappa shape index (κ2) is 11.6. The summed E-state index contributed by atoms with van der Waals surface area (Å²) in [6, 6.07) is 10.5. The van der Waals surface area contributed by atoms with E-state index in [2.05, 4.69) is 0 Å². The maximum Gasteiger partial charge on any atom is 0.471 e. The van der Waals surface area contributed by atoms with Crippen molar-refractivity contribution in [2.75, 3.05) is 6.54 Å². The van der Waals surface area contributed by atoms with Gasteiger partial charge in [-0.05, 0) is 31.9 Å². The molecule has 0 bridgehead atoms. The van der Waals surface area contributed by atoms with Crippen molar-refractivity contribution < 1.29 is 41.3 Å². The van der Waals surface area contributed by atoms with Crippen LogP contribution in [0.25, 0.3) is 0 Å². The number of nitro benzene ring substituents is 1. The zero-order chi connectivity index (χ0) is 26.4. The Kier molecular flexibility index (Phi) is 9.31. The molecule has 10 nitrogen and oxygen atoms in total. The second-order valence-corrected chi connectivity index (χ2v) is 9.56. The van der Waals surface area contributed by atoms with Gasteiger partial charge in [-0.15, -0.1) is 0 Å². The van der Waals surface area contributed by atoms with Crippen LogP contribution in [0.3, 0.4) is 0 Å². The fourth-order valence-corrected chi connectivity index (χ4v) is 4.38. The highest BCUT2D eigenvalue weighted by atomic mass is 32.2. The predicted molar refractivity (Wildman–Crippen MR) is 117 cm³/mol. The quantitative estimate of drug-likeness (QED) is 0.344. The van der Waals surface area contributed by atoms with E-state index in [0.29, 0.717) is 10.0 Å². The Hall–Kier alpha value is -3.07. The number of aliphatic hydroxyl groups excluding tert-OH is 1. The minimum atomic E-state index is -5.24. The molecule has 0 saturated heterocycles. The van der Waals surface area contributed by atoms with Gasteiger partial charge in [0.05, 0.1) is 34.6 Å². The molecule has 1 amide bonds. The van der Waals surface area contributed by atoms with Crippen LogP contribution in [0.2, 0.25) is 0 Å². The summed E-state index contributed by atoms with van der Waals surface area (Å²) in [7, 11) is -4.60. The first-order valence-corrected chi connectivity index (χ1v) is 11.7. The molecular weight excluding hydrogens is 495 g/mol. The van der Waals surface area contributed by atoms with E-state index in [-0.39, 0.29) is 6.42 Å². The molecule has 0 radical (unpaired) electrons. The summed E-state index contributed by atoms with van der Waals surface area (Å²) < 4.78 is 65.3.